The maximum absolute atomic E-state index is 12.8. The number of likely N-dealkylation sites (tertiary alicyclic amines) is 1. The average molecular weight is 463 g/mol. The summed E-state index contributed by atoms with van der Waals surface area (Å²) < 4.78 is 7.68. The minimum absolute atomic E-state index is 0.0672. The molecule has 5 rings (SSSR count). The average Bonchev–Trinajstić information content (AvgIpc) is 3.52. The lowest BCUT2D eigenvalue weighted by Crippen LogP contribution is -2.35. The largest absolute Gasteiger partial charge is 0.494 e. The van der Waals surface area contributed by atoms with Crippen LogP contribution in [0, 0.1) is 19.3 Å². The van der Waals surface area contributed by atoms with Crippen molar-refractivity contribution in [3.8, 4) is 11.4 Å². The lowest BCUT2D eigenvalue weighted by Gasteiger charge is -2.20. The lowest BCUT2D eigenvalue weighted by molar-refractivity contribution is -0.114. The molecule has 0 bridgehead atoms. The molecule has 1 saturated heterocycles. The molecule has 0 spiro atoms. The highest BCUT2D eigenvalue weighted by Gasteiger charge is 2.37. The number of hydrazone groups is 1. The molecule has 33 heavy (non-hydrogen) atoms. The predicted molar refractivity (Wildman–Crippen MR) is 132 cm³/mol. The van der Waals surface area contributed by atoms with Crippen LogP contribution in [-0.2, 0) is 4.79 Å². The zero-order valence-electron chi connectivity index (χ0n) is 19.0. The third-order valence-corrected chi connectivity index (χ3v) is 6.97. The molecule has 0 aliphatic carbocycles. The molecule has 0 atom stereocenters. The van der Waals surface area contributed by atoms with E-state index < -0.39 is 5.91 Å². The summed E-state index contributed by atoms with van der Waals surface area (Å²) in [5.41, 5.74) is 4.16. The highest BCUT2D eigenvalue weighted by atomic mass is 32.2. The third kappa shape index (κ3) is 3.86. The van der Waals surface area contributed by atoms with E-state index in [2.05, 4.69) is 19.6 Å². The van der Waals surface area contributed by atoms with Gasteiger partial charge in [-0.05, 0) is 87.3 Å². The number of benzene rings is 1. The first-order valence-electron chi connectivity index (χ1n) is 11.1. The molecule has 1 N–H and O–H groups in total. The Balaban J connectivity index is 1.45. The zero-order chi connectivity index (χ0) is 23.1. The number of aliphatic imine (C=N–C) groups is 1. The number of hydrogen-bond acceptors (Lipinski definition) is 6. The summed E-state index contributed by atoms with van der Waals surface area (Å²) in [6.45, 7) is 8.53. The van der Waals surface area contributed by atoms with Gasteiger partial charge in [-0.2, -0.15) is 10.0 Å². The van der Waals surface area contributed by atoms with Crippen LogP contribution in [0.2, 0.25) is 0 Å². The molecule has 1 fully saturated rings. The van der Waals surface area contributed by atoms with Crippen LogP contribution in [0.25, 0.3) is 11.8 Å². The number of rotatable bonds is 4. The molecule has 0 radical (unpaired) electrons. The summed E-state index contributed by atoms with van der Waals surface area (Å²) in [7, 11) is 0. The highest BCUT2D eigenvalue weighted by Crippen LogP contribution is 2.32. The van der Waals surface area contributed by atoms with Crippen LogP contribution in [0.1, 0.15) is 36.7 Å². The Morgan fingerprint density at radius 1 is 1.15 bits per heavy atom. The number of amidine groups is 3. The number of aryl methyl sites for hydroxylation is 1. The van der Waals surface area contributed by atoms with Gasteiger partial charge in [0.1, 0.15) is 5.75 Å². The van der Waals surface area contributed by atoms with Crippen molar-refractivity contribution in [3.05, 3.63) is 52.9 Å². The van der Waals surface area contributed by atoms with Gasteiger partial charge in [-0.3, -0.25) is 10.2 Å². The highest BCUT2D eigenvalue weighted by molar-refractivity contribution is 8.26. The summed E-state index contributed by atoms with van der Waals surface area (Å²) in [4.78, 5) is 19.3. The molecular weight excluding hydrogens is 436 g/mol. The number of aromatic nitrogens is 1. The summed E-state index contributed by atoms with van der Waals surface area (Å²) >= 11 is 1.37. The number of carbonyl (C=O) groups is 1. The molecule has 1 aromatic carbocycles. The second-order valence-corrected chi connectivity index (χ2v) is 9.12. The minimum atomic E-state index is -0.400. The van der Waals surface area contributed by atoms with Crippen molar-refractivity contribution in [2.24, 2.45) is 10.1 Å². The smallest absolute Gasteiger partial charge is 0.283 e. The van der Waals surface area contributed by atoms with E-state index in [-0.39, 0.29) is 11.4 Å². The third-order valence-electron chi connectivity index (χ3n) is 6.00. The van der Waals surface area contributed by atoms with Gasteiger partial charge >= 0.3 is 0 Å². The fourth-order valence-corrected chi connectivity index (χ4v) is 5.31. The van der Waals surface area contributed by atoms with E-state index in [1.165, 1.54) is 16.8 Å². The maximum Gasteiger partial charge on any atom is 0.283 e. The van der Waals surface area contributed by atoms with Gasteiger partial charge in [-0.15, -0.1) is 5.10 Å². The van der Waals surface area contributed by atoms with Crippen molar-refractivity contribution < 1.29 is 9.53 Å². The Kier molecular flexibility index (Phi) is 5.57. The van der Waals surface area contributed by atoms with E-state index in [4.69, 9.17) is 10.1 Å². The van der Waals surface area contributed by atoms with E-state index in [0.717, 1.165) is 59.5 Å². The second-order valence-electron chi connectivity index (χ2n) is 8.19. The Hall–Kier alpha value is -3.33. The minimum Gasteiger partial charge on any atom is -0.494 e. The number of nitrogens with zero attached hydrogens (tertiary/aromatic N) is 5. The van der Waals surface area contributed by atoms with Crippen molar-refractivity contribution in [1.82, 2.24) is 14.5 Å². The maximum atomic E-state index is 12.8. The molecule has 170 valence electrons. The molecular formula is C24H26N6O2S. The van der Waals surface area contributed by atoms with Crippen LogP contribution in [0.3, 0.4) is 0 Å². The molecule has 2 aromatic rings. The number of ether oxygens (including phenoxy) is 1. The standard InChI is InChI=1S/C24H26N6O2S/c1-4-32-19-9-7-18(8-10-19)29-15(2)13-17(16(29)3)14-20-21(25)30-23(26-22(20)31)33-24(27-30)28-11-5-6-12-28/h7-10,13-14,25H,4-6,11-12H2,1-3H3/b20-14+,25-21?. The molecule has 1 aromatic heterocycles. The summed E-state index contributed by atoms with van der Waals surface area (Å²) in [5.74, 6) is 0.498. The van der Waals surface area contributed by atoms with Crippen LogP contribution in [-0.4, -0.2) is 56.3 Å². The van der Waals surface area contributed by atoms with Gasteiger partial charge in [0, 0.05) is 30.2 Å². The summed E-state index contributed by atoms with van der Waals surface area (Å²) in [6, 6.07) is 9.96. The normalized spacial score (nSPS) is 19.3. The van der Waals surface area contributed by atoms with Gasteiger partial charge < -0.3 is 14.2 Å². The van der Waals surface area contributed by atoms with E-state index in [1.54, 1.807) is 6.08 Å². The molecule has 9 heteroatoms. The van der Waals surface area contributed by atoms with Gasteiger partial charge in [0.05, 0.1) is 12.2 Å². The van der Waals surface area contributed by atoms with E-state index >= 15 is 0 Å². The van der Waals surface area contributed by atoms with Crippen LogP contribution >= 0.6 is 11.8 Å². The van der Waals surface area contributed by atoms with Crippen molar-refractivity contribution in [2.45, 2.75) is 33.6 Å². The van der Waals surface area contributed by atoms with Gasteiger partial charge in [0.25, 0.3) is 5.91 Å². The molecule has 4 heterocycles. The van der Waals surface area contributed by atoms with Crippen molar-refractivity contribution in [1.29, 1.82) is 5.41 Å². The summed E-state index contributed by atoms with van der Waals surface area (Å²) in [6.07, 6.45) is 4.03. The molecule has 3 aliphatic heterocycles. The quantitative estimate of drug-likeness (QED) is 0.690. The number of thioether (sulfide) groups is 1. The molecule has 0 unspecified atom stereocenters. The second kappa shape index (κ2) is 8.55. The fraction of sp³-hybridized carbons (Fsp3) is 0.333. The number of fused-ring (bicyclic) bond motifs is 1. The Morgan fingerprint density at radius 3 is 2.58 bits per heavy atom. The molecule has 8 nitrogen and oxygen atoms in total. The fourth-order valence-electron chi connectivity index (χ4n) is 4.36. The Morgan fingerprint density at radius 2 is 1.88 bits per heavy atom. The molecule has 3 aliphatic rings. The van der Waals surface area contributed by atoms with Crippen LogP contribution in [0.15, 0.2) is 46.0 Å². The van der Waals surface area contributed by atoms with Gasteiger partial charge in [0.15, 0.2) is 11.0 Å². The molecule has 1 amide bonds. The van der Waals surface area contributed by atoms with Gasteiger partial charge in [-0.1, -0.05) is 0 Å². The first-order chi connectivity index (χ1) is 16.0. The summed E-state index contributed by atoms with van der Waals surface area (Å²) in [5, 5.41) is 16.0. The van der Waals surface area contributed by atoms with E-state index in [9.17, 15) is 4.79 Å². The lowest BCUT2D eigenvalue weighted by atomic mass is 10.1. The number of nitrogens with one attached hydrogen (secondary N) is 1. The van der Waals surface area contributed by atoms with E-state index in [0.29, 0.717) is 11.8 Å². The van der Waals surface area contributed by atoms with Crippen molar-refractivity contribution in [3.63, 3.8) is 0 Å². The first kappa shape index (κ1) is 21.5. The SMILES string of the molecule is CCOc1ccc(-n2c(C)cc(/C=C3\C(=N)N4N=C(N5CCCC5)SC4=NC3=O)c2C)cc1. The Labute approximate surface area is 197 Å². The number of amides is 1. The van der Waals surface area contributed by atoms with Crippen molar-refractivity contribution >= 4 is 39.9 Å². The van der Waals surface area contributed by atoms with Gasteiger partial charge in [-0.25, -0.2) is 0 Å². The first-order valence-corrected chi connectivity index (χ1v) is 11.9. The number of carbonyl (C=O) groups excluding carboxylic acids is 1. The van der Waals surface area contributed by atoms with Crippen LogP contribution in [0.4, 0.5) is 0 Å². The topological polar surface area (TPSA) is 86.3 Å². The van der Waals surface area contributed by atoms with Crippen molar-refractivity contribution in [2.75, 3.05) is 19.7 Å². The van der Waals surface area contributed by atoms with Gasteiger partial charge in [0.2, 0.25) is 5.17 Å². The monoisotopic (exact) mass is 462 g/mol. The van der Waals surface area contributed by atoms with Crippen LogP contribution in [0.5, 0.6) is 5.75 Å². The Bertz CT molecular complexity index is 1220. The van der Waals surface area contributed by atoms with E-state index in [1.807, 2.05) is 51.1 Å². The zero-order valence-corrected chi connectivity index (χ0v) is 19.8. The number of hydrogen-bond donors (Lipinski definition) is 1. The van der Waals surface area contributed by atoms with Crippen LogP contribution < -0.4 is 4.74 Å². The predicted octanol–water partition coefficient (Wildman–Crippen LogP) is 4.17. The molecule has 0 saturated carbocycles.